The fraction of sp³-hybridized carbons (Fsp3) is 0.263. The van der Waals surface area contributed by atoms with Crippen LogP contribution in [0.3, 0.4) is 0 Å². The predicted octanol–water partition coefficient (Wildman–Crippen LogP) is 3.31. The number of ketones is 2. The zero-order valence-electron chi connectivity index (χ0n) is 13.3. The molecule has 5 nitrogen and oxygen atoms in total. The molecule has 0 bridgehead atoms. The van der Waals surface area contributed by atoms with Crippen LogP contribution in [-0.2, 0) is 6.42 Å². The summed E-state index contributed by atoms with van der Waals surface area (Å²) in [6.07, 6.45) is 3.35. The van der Waals surface area contributed by atoms with Gasteiger partial charge < -0.3 is 15.3 Å². The summed E-state index contributed by atoms with van der Waals surface area (Å²) in [4.78, 5) is 25.6. The van der Waals surface area contributed by atoms with E-state index in [1.807, 2.05) is 0 Å². The van der Waals surface area contributed by atoms with Gasteiger partial charge in [0.15, 0.2) is 11.6 Å². The van der Waals surface area contributed by atoms with Crippen molar-refractivity contribution in [2.75, 3.05) is 0 Å². The molecule has 1 aliphatic rings. The maximum atomic E-state index is 12.9. The molecule has 0 amide bonds. The Hall–Kier alpha value is -2.82. The molecule has 0 aliphatic heterocycles. The fourth-order valence-electron chi connectivity index (χ4n) is 3.20. The quantitative estimate of drug-likeness (QED) is 0.505. The highest BCUT2D eigenvalue weighted by atomic mass is 16.3. The third kappa shape index (κ3) is 2.42. The van der Waals surface area contributed by atoms with Crippen LogP contribution < -0.4 is 0 Å². The highest BCUT2D eigenvalue weighted by Crippen LogP contribution is 2.40. The monoisotopic (exact) mass is 326 g/mol. The molecule has 0 unspecified atom stereocenters. The number of hydrogen-bond donors (Lipinski definition) is 3. The molecule has 0 atom stereocenters. The van der Waals surface area contributed by atoms with Gasteiger partial charge in [-0.15, -0.1) is 0 Å². The SMILES string of the molecule is CCCCCc1cc(O)cc2c1C(=O)c1c(O)ccc(O)c1C2=O. The van der Waals surface area contributed by atoms with Gasteiger partial charge in [-0.05, 0) is 42.7 Å². The van der Waals surface area contributed by atoms with Crippen LogP contribution in [0, 0.1) is 0 Å². The van der Waals surface area contributed by atoms with Crippen LogP contribution in [0.25, 0.3) is 0 Å². The first-order valence-electron chi connectivity index (χ1n) is 7.96. The van der Waals surface area contributed by atoms with E-state index in [0.29, 0.717) is 12.0 Å². The lowest BCUT2D eigenvalue weighted by molar-refractivity contribution is 0.0973. The smallest absolute Gasteiger partial charge is 0.198 e. The number of aryl methyl sites for hydroxylation is 1. The first kappa shape index (κ1) is 16.1. The standard InChI is InChI=1S/C19H18O5/c1-2-3-4-5-10-8-11(20)9-12-15(10)19(24)17-14(22)7-6-13(21)16(17)18(12)23/h6-9,20-22H,2-5H2,1H3. The second kappa shape index (κ2) is 6.00. The first-order valence-corrected chi connectivity index (χ1v) is 7.96. The Balaban J connectivity index is 2.21. The molecule has 0 saturated heterocycles. The minimum Gasteiger partial charge on any atom is -0.508 e. The van der Waals surface area contributed by atoms with Gasteiger partial charge in [-0.3, -0.25) is 9.59 Å². The molecule has 0 heterocycles. The summed E-state index contributed by atoms with van der Waals surface area (Å²) in [6, 6.07) is 5.10. The molecule has 0 saturated carbocycles. The molecule has 124 valence electrons. The number of benzene rings is 2. The van der Waals surface area contributed by atoms with Crippen LogP contribution in [0.1, 0.15) is 63.6 Å². The van der Waals surface area contributed by atoms with Crippen LogP contribution in [0.15, 0.2) is 24.3 Å². The molecule has 3 N–H and O–H groups in total. The molecule has 0 aromatic heterocycles. The number of carbonyl (C=O) groups is 2. The number of rotatable bonds is 4. The maximum Gasteiger partial charge on any atom is 0.198 e. The molecule has 2 aromatic carbocycles. The van der Waals surface area contributed by atoms with Gasteiger partial charge in [0.25, 0.3) is 0 Å². The molecule has 0 radical (unpaired) electrons. The number of aromatic hydroxyl groups is 3. The topological polar surface area (TPSA) is 94.8 Å². The van der Waals surface area contributed by atoms with Crippen LogP contribution in [0.5, 0.6) is 17.2 Å². The van der Waals surface area contributed by atoms with Crippen molar-refractivity contribution in [1.82, 2.24) is 0 Å². The Bertz CT molecular complexity index is 851. The van der Waals surface area contributed by atoms with E-state index >= 15 is 0 Å². The van der Waals surface area contributed by atoms with Gasteiger partial charge in [0, 0.05) is 11.1 Å². The van der Waals surface area contributed by atoms with Crippen molar-refractivity contribution in [3.05, 3.63) is 52.1 Å². The van der Waals surface area contributed by atoms with E-state index in [1.54, 1.807) is 0 Å². The van der Waals surface area contributed by atoms with Crippen molar-refractivity contribution in [2.45, 2.75) is 32.6 Å². The lowest BCUT2D eigenvalue weighted by Gasteiger charge is -2.22. The predicted molar refractivity (Wildman–Crippen MR) is 88.0 cm³/mol. The number of hydrogen-bond acceptors (Lipinski definition) is 5. The molecule has 0 spiro atoms. The average Bonchev–Trinajstić information content (AvgIpc) is 2.54. The number of phenols is 3. The van der Waals surface area contributed by atoms with Crippen molar-refractivity contribution in [1.29, 1.82) is 0 Å². The van der Waals surface area contributed by atoms with Crippen LogP contribution in [0.2, 0.25) is 0 Å². The Morgan fingerprint density at radius 3 is 2.08 bits per heavy atom. The summed E-state index contributed by atoms with van der Waals surface area (Å²) in [7, 11) is 0. The van der Waals surface area contributed by atoms with Crippen molar-refractivity contribution in [3.8, 4) is 17.2 Å². The van der Waals surface area contributed by atoms with Crippen LogP contribution >= 0.6 is 0 Å². The van der Waals surface area contributed by atoms with Crippen molar-refractivity contribution in [2.24, 2.45) is 0 Å². The zero-order valence-corrected chi connectivity index (χ0v) is 13.3. The number of fused-ring (bicyclic) bond motifs is 2. The van der Waals surface area contributed by atoms with Gasteiger partial charge >= 0.3 is 0 Å². The van der Waals surface area contributed by atoms with E-state index in [4.69, 9.17) is 0 Å². The largest absolute Gasteiger partial charge is 0.508 e. The second-order valence-electron chi connectivity index (χ2n) is 6.00. The van der Waals surface area contributed by atoms with Crippen molar-refractivity contribution in [3.63, 3.8) is 0 Å². The number of phenolic OH excluding ortho intramolecular Hbond substituents is 3. The Kier molecular flexibility index (Phi) is 4.01. The Morgan fingerprint density at radius 1 is 0.833 bits per heavy atom. The van der Waals surface area contributed by atoms with E-state index in [0.717, 1.165) is 19.3 Å². The third-order valence-corrected chi connectivity index (χ3v) is 4.34. The van der Waals surface area contributed by atoms with Crippen molar-refractivity contribution < 1.29 is 24.9 Å². The normalized spacial score (nSPS) is 12.9. The first-order chi connectivity index (χ1) is 11.5. The maximum absolute atomic E-state index is 12.9. The summed E-state index contributed by atoms with van der Waals surface area (Å²) in [5.41, 5.74) is 0.486. The lowest BCUT2D eigenvalue weighted by Crippen LogP contribution is -2.23. The molecule has 1 aliphatic carbocycles. The molecule has 5 heteroatoms. The van der Waals surface area contributed by atoms with Gasteiger partial charge in [-0.1, -0.05) is 19.8 Å². The molecule has 3 rings (SSSR count). The summed E-state index contributed by atoms with van der Waals surface area (Å²) >= 11 is 0. The molecular weight excluding hydrogens is 308 g/mol. The summed E-state index contributed by atoms with van der Waals surface area (Å²) < 4.78 is 0. The summed E-state index contributed by atoms with van der Waals surface area (Å²) in [5, 5.41) is 29.9. The van der Waals surface area contributed by atoms with E-state index in [-0.39, 0.29) is 39.5 Å². The lowest BCUT2D eigenvalue weighted by atomic mass is 9.80. The van der Waals surface area contributed by atoms with Gasteiger partial charge in [0.2, 0.25) is 0 Å². The minimum absolute atomic E-state index is 0.0694. The van der Waals surface area contributed by atoms with Crippen LogP contribution in [-0.4, -0.2) is 26.9 Å². The molecule has 0 fully saturated rings. The van der Waals surface area contributed by atoms with Gasteiger partial charge in [-0.25, -0.2) is 0 Å². The van der Waals surface area contributed by atoms with Crippen molar-refractivity contribution >= 4 is 11.6 Å². The molecule has 24 heavy (non-hydrogen) atoms. The summed E-state index contributed by atoms with van der Waals surface area (Å²) in [6.45, 7) is 2.06. The van der Waals surface area contributed by atoms with E-state index in [2.05, 4.69) is 6.92 Å². The van der Waals surface area contributed by atoms with Crippen LogP contribution in [0.4, 0.5) is 0 Å². The second-order valence-corrected chi connectivity index (χ2v) is 6.00. The van der Waals surface area contributed by atoms with Gasteiger partial charge in [0.1, 0.15) is 17.2 Å². The highest BCUT2D eigenvalue weighted by Gasteiger charge is 2.36. The Morgan fingerprint density at radius 2 is 1.46 bits per heavy atom. The minimum atomic E-state index is -0.569. The molecular formula is C19H18O5. The highest BCUT2D eigenvalue weighted by molar-refractivity contribution is 6.30. The zero-order chi connectivity index (χ0) is 17.4. The van der Waals surface area contributed by atoms with E-state index < -0.39 is 11.6 Å². The van der Waals surface area contributed by atoms with E-state index in [1.165, 1.54) is 24.3 Å². The number of carbonyl (C=O) groups excluding carboxylic acids is 2. The average molecular weight is 326 g/mol. The summed E-state index contributed by atoms with van der Waals surface area (Å²) in [5.74, 6) is -1.85. The number of unbranched alkanes of at least 4 members (excludes halogenated alkanes) is 2. The van der Waals surface area contributed by atoms with Gasteiger partial charge in [-0.2, -0.15) is 0 Å². The van der Waals surface area contributed by atoms with Gasteiger partial charge in [0.05, 0.1) is 11.1 Å². The molecule has 2 aromatic rings. The third-order valence-electron chi connectivity index (χ3n) is 4.34. The Labute approximate surface area is 139 Å². The van der Waals surface area contributed by atoms with E-state index in [9.17, 15) is 24.9 Å². The fourth-order valence-corrected chi connectivity index (χ4v) is 3.20.